The average molecular weight is 193 g/mol. The van der Waals surface area contributed by atoms with E-state index in [-0.39, 0.29) is 5.41 Å². The highest BCUT2D eigenvalue weighted by Gasteiger charge is 2.16. The molecule has 0 radical (unpaired) electrons. The highest BCUT2D eigenvalue weighted by molar-refractivity contribution is 5.18. The minimum atomic E-state index is 0.0804. The summed E-state index contributed by atoms with van der Waals surface area (Å²) in [6.45, 7) is 9.03. The zero-order valence-corrected chi connectivity index (χ0v) is 9.46. The van der Waals surface area contributed by atoms with E-state index in [1.807, 2.05) is 6.92 Å². The third kappa shape index (κ3) is 2.77. The Balaban J connectivity index is 3.07. The van der Waals surface area contributed by atoms with Gasteiger partial charge in [0.1, 0.15) is 5.82 Å². The predicted octanol–water partition coefficient (Wildman–Crippen LogP) is 1.58. The van der Waals surface area contributed by atoms with Gasteiger partial charge in [-0.05, 0) is 19.5 Å². The van der Waals surface area contributed by atoms with Gasteiger partial charge < -0.3 is 5.73 Å². The molecule has 1 aromatic rings. The molecule has 0 aliphatic carbocycles. The highest BCUT2D eigenvalue weighted by atomic mass is 14.9. The Labute approximate surface area is 85.8 Å². The first-order valence-corrected chi connectivity index (χ1v) is 4.98. The van der Waals surface area contributed by atoms with E-state index in [1.165, 1.54) is 0 Å². The quantitative estimate of drug-likeness (QED) is 0.776. The first-order chi connectivity index (χ1) is 6.43. The number of nitrogens with two attached hydrogens (primary N) is 1. The average Bonchev–Trinajstić information content (AvgIpc) is 2.02. The van der Waals surface area contributed by atoms with Crippen molar-refractivity contribution >= 4 is 0 Å². The number of aromatic nitrogens is 2. The SMILES string of the molecule is Cc1nc(CCN)cc(C(C)(C)C)n1. The zero-order valence-electron chi connectivity index (χ0n) is 9.46. The molecule has 0 aromatic carbocycles. The van der Waals surface area contributed by atoms with Crippen LogP contribution in [0, 0.1) is 6.92 Å². The predicted molar refractivity (Wildman–Crippen MR) is 58.2 cm³/mol. The molecule has 0 spiro atoms. The van der Waals surface area contributed by atoms with Gasteiger partial charge in [-0.3, -0.25) is 0 Å². The van der Waals surface area contributed by atoms with Crippen LogP contribution < -0.4 is 5.73 Å². The van der Waals surface area contributed by atoms with E-state index in [0.717, 1.165) is 23.6 Å². The van der Waals surface area contributed by atoms with Gasteiger partial charge in [-0.2, -0.15) is 0 Å². The fourth-order valence-corrected chi connectivity index (χ4v) is 1.29. The standard InChI is InChI=1S/C11H19N3/c1-8-13-9(5-6-12)7-10(14-8)11(2,3)4/h7H,5-6,12H2,1-4H3. The Morgan fingerprint density at radius 1 is 1.29 bits per heavy atom. The number of aryl methyl sites for hydroxylation is 1. The normalized spacial score (nSPS) is 11.8. The van der Waals surface area contributed by atoms with Crippen molar-refractivity contribution in [3.05, 3.63) is 23.3 Å². The molecular weight excluding hydrogens is 174 g/mol. The van der Waals surface area contributed by atoms with E-state index in [9.17, 15) is 0 Å². The first kappa shape index (κ1) is 11.1. The van der Waals surface area contributed by atoms with Crippen LogP contribution in [0.3, 0.4) is 0 Å². The zero-order chi connectivity index (χ0) is 10.8. The van der Waals surface area contributed by atoms with Gasteiger partial charge in [0.05, 0.1) is 0 Å². The lowest BCUT2D eigenvalue weighted by atomic mass is 9.91. The molecule has 2 N–H and O–H groups in total. The number of rotatable bonds is 2. The van der Waals surface area contributed by atoms with E-state index < -0.39 is 0 Å². The largest absolute Gasteiger partial charge is 0.330 e. The van der Waals surface area contributed by atoms with Crippen LogP contribution in [-0.4, -0.2) is 16.5 Å². The summed E-state index contributed by atoms with van der Waals surface area (Å²) in [4.78, 5) is 8.78. The minimum absolute atomic E-state index is 0.0804. The van der Waals surface area contributed by atoms with E-state index in [4.69, 9.17) is 5.73 Å². The molecule has 0 bridgehead atoms. The molecular formula is C11H19N3. The van der Waals surface area contributed by atoms with Crippen LogP contribution in [0.25, 0.3) is 0 Å². The second kappa shape index (κ2) is 4.05. The molecule has 1 rings (SSSR count). The minimum Gasteiger partial charge on any atom is -0.330 e. The monoisotopic (exact) mass is 193 g/mol. The second-order valence-corrected chi connectivity index (χ2v) is 4.58. The van der Waals surface area contributed by atoms with Gasteiger partial charge in [-0.25, -0.2) is 9.97 Å². The fraction of sp³-hybridized carbons (Fsp3) is 0.636. The molecule has 0 aliphatic heterocycles. The van der Waals surface area contributed by atoms with Crippen molar-refractivity contribution in [1.82, 2.24) is 9.97 Å². The number of hydrogen-bond acceptors (Lipinski definition) is 3. The molecule has 78 valence electrons. The molecule has 1 heterocycles. The summed E-state index contributed by atoms with van der Waals surface area (Å²) in [6.07, 6.45) is 0.826. The van der Waals surface area contributed by atoms with Gasteiger partial charge in [0.15, 0.2) is 0 Å². The molecule has 3 nitrogen and oxygen atoms in total. The molecule has 1 aromatic heterocycles. The smallest absolute Gasteiger partial charge is 0.125 e. The molecule has 3 heteroatoms. The Kier molecular flexibility index (Phi) is 3.21. The fourth-order valence-electron chi connectivity index (χ4n) is 1.29. The Bertz CT molecular complexity index is 313. The van der Waals surface area contributed by atoms with Crippen molar-refractivity contribution in [3.63, 3.8) is 0 Å². The number of nitrogens with zero attached hydrogens (tertiary/aromatic N) is 2. The Morgan fingerprint density at radius 2 is 1.93 bits per heavy atom. The van der Waals surface area contributed by atoms with Crippen LogP contribution in [0.1, 0.15) is 38.0 Å². The third-order valence-electron chi connectivity index (χ3n) is 2.06. The van der Waals surface area contributed by atoms with Crippen molar-refractivity contribution in [2.24, 2.45) is 5.73 Å². The van der Waals surface area contributed by atoms with Crippen molar-refractivity contribution in [2.75, 3.05) is 6.54 Å². The molecule has 0 atom stereocenters. The van der Waals surface area contributed by atoms with Crippen LogP contribution in [0.5, 0.6) is 0 Å². The highest BCUT2D eigenvalue weighted by Crippen LogP contribution is 2.20. The van der Waals surface area contributed by atoms with Crippen molar-refractivity contribution in [3.8, 4) is 0 Å². The molecule has 0 aliphatic rings. The lowest BCUT2D eigenvalue weighted by Crippen LogP contribution is -2.16. The molecule has 0 unspecified atom stereocenters. The van der Waals surface area contributed by atoms with Gasteiger partial charge in [0.25, 0.3) is 0 Å². The summed E-state index contributed by atoms with van der Waals surface area (Å²) in [5, 5.41) is 0. The maximum atomic E-state index is 5.51. The van der Waals surface area contributed by atoms with Crippen LogP contribution in [0.15, 0.2) is 6.07 Å². The lowest BCUT2D eigenvalue weighted by molar-refractivity contribution is 0.561. The molecule has 0 saturated heterocycles. The molecule has 0 fully saturated rings. The van der Waals surface area contributed by atoms with Crippen LogP contribution >= 0.6 is 0 Å². The summed E-state index contributed by atoms with van der Waals surface area (Å²) >= 11 is 0. The Morgan fingerprint density at radius 3 is 2.43 bits per heavy atom. The van der Waals surface area contributed by atoms with E-state index in [2.05, 4.69) is 36.8 Å². The molecule has 0 saturated carbocycles. The molecule has 14 heavy (non-hydrogen) atoms. The Hall–Kier alpha value is -0.960. The maximum Gasteiger partial charge on any atom is 0.125 e. The third-order valence-corrected chi connectivity index (χ3v) is 2.06. The summed E-state index contributed by atoms with van der Waals surface area (Å²) in [6, 6.07) is 2.06. The topological polar surface area (TPSA) is 51.8 Å². The molecule has 0 amide bonds. The van der Waals surface area contributed by atoms with Gasteiger partial charge >= 0.3 is 0 Å². The van der Waals surface area contributed by atoms with Gasteiger partial charge in [0.2, 0.25) is 0 Å². The van der Waals surface area contributed by atoms with Gasteiger partial charge in [0, 0.05) is 23.2 Å². The van der Waals surface area contributed by atoms with E-state index >= 15 is 0 Å². The summed E-state index contributed by atoms with van der Waals surface area (Å²) in [5.74, 6) is 0.834. The summed E-state index contributed by atoms with van der Waals surface area (Å²) in [7, 11) is 0. The van der Waals surface area contributed by atoms with Gasteiger partial charge in [-0.15, -0.1) is 0 Å². The van der Waals surface area contributed by atoms with Crippen LogP contribution in [0.2, 0.25) is 0 Å². The number of hydrogen-bond donors (Lipinski definition) is 1. The van der Waals surface area contributed by atoms with E-state index in [0.29, 0.717) is 6.54 Å². The van der Waals surface area contributed by atoms with E-state index in [1.54, 1.807) is 0 Å². The van der Waals surface area contributed by atoms with Crippen molar-refractivity contribution in [1.29, 1.82) is 0 Å². The maximum absolute atomic E-state index is 5.51. The van der Waals surface area contributed by atoms with Crippen molar-refractivity contribution < 1.29 is 0 Å². The second-order valence-electron chi connectivity index (χ2n) is 4.58. The first-order valence-electron chi connectivity index (χ1n) is 4.98. The van der Waals surface area contributed by atoms with Gasteiger partial charge in [-0.1, -0.05) is 20.8 Å². The summed E-state index contributed by atoms with van der Waals surface area (Å²) < 4.78 is 0. The van der Waals surface area contributed by atoms with Crippen LogP contribution in [0.4, 0.5) is 0 Å². The summed E-state index contributed by atoms with van der Waals surface area (Å²) in [5.41, 5.74) is 7.73. The lowest BCUT2D eigenvalue weighted by Gasteiger charge is -2.18. The van der Waals surface area contributed by atoms with Crippen LogP contribution in [-0.2, 0) is 11.8 Å². The van der Waals surface area contributed by atoms with Crippen molar-refractivity contribution in [2.45, 2.75) is 39.5 Å².